The van der Waals surface area contributed by atoms with Crippen LogP contribution in [0.5, 0.6) is 5.75 Å². The standard InChI is InChI=1S/C37H45N3O7Si/c1-25-35(48(3,4)45)32(22-34(43)38(19-20-41)23-26-9-6-5-7-10-26)47-37(25)30-21-29(46-2)16-17-31(30)40(36(37)44)24-27-12-14-28(15-13-27)39-18-8-11-33(39)42/h5-7,9-10,12-17,21,25,32,35,41,45H,8,11,18-20,22-24H2,1-4H3/t25-,32+,35-,37+/m0/s1. The van der Waals surface area contributed by atoms with E-state index in [-0.39, 0.29) is 43.8 Å². The Labute approximate surface area is 283 Å². The van der Waals surface area contributed by atoms with Crippen LogP contribution in [0.25, 0.3) is 0 Å². The lowest BCUT2D eigenvalue weighted by Crippen LogP contribution is -2.46. The van der Waals surface area contributed by atoms with E-state index in [1.54, 1.807) is 21.8 Å². The fourth-order valence-corrected chi connectivity index (χ4v) is 10.5. The Morgan fingerprint density at radius 2 is 1.79 bits per heavy atom. The monoisotopic (exact) mass is 671 g/mol. The summed E-state index contributed by atoms with van der Waals surface area (Å²) in [7, 11) is -1.44. The third-order valence-corrected chi connectivity index (χ3v) is 12.7. The molecule has 6 rings (SSSR count). The van der Waals surface area contributed by atoms with Crippen molar-refractivity contribution < 1.29 is 33.8 Å². The molecule has 2 N–H and O–H groups in total. The van der Waals surface area contributed by atoms with Crippen molar-refractivity contribution in [1.82, 2.24) is 4.90 Å². The van der Waals surface area contributed by atoms with Crippen LogP contribution in [-0.2, 0) is 37.8 Å². The fraction of sp³-hybridized carbons (Fsp3) is 0.432. The maximum atomic E-state index is 14.8. The van der Waals surface area contributed by atoms with Crippen LogP contribution >= 0.6 is 0 Å². The van der Waals surface area contributed by atoms with Crippen LogP contribution in [0.2, 0.25) is 18.6 Å². The third-order valence-electron chi connectivity index (χ3n) is 10.2. The van der Waals surface area contributed by atoms with Crippen molar-refractivity contribution in [2.75, 3.05) is 36.6 Å². The van der Waals surface area contributed by atoms with Gasteiger partial charge in [0.15, 0.2) is 13.9 Å². The van der Waals surface area contributed by atoms with Crippen molar-refractivity contribution in [2.24, 2.45) is 5.92 Å². The van der Waals surface area contributed by atoms with Crippen LogP contribution in [0, 0.1) is 5.92 Å². The van der Waals surface area contributed by atoms with Crippen LogP contribution in [0.3, 0.4) is 0 Å². The molecular formula is C37H45N3O7Si. The number of ether oxygens (including phenoxy) is 2. The first-order valence-electron chi connectivity index (χ1n) is 16.7. The molecule has 3 aliphatic heterocycles. The fourth-order valence-electron chi connectivity index (χ4n) is 7.94. The lowest BCUT2D eigenvalue weighted by molar-refractivity contribution is -0.150. The van der Waals surface area contributed by atoms with Crippen LogP contribution < -0.4 is 14.5 Å². The molecule has 0 aliphatic carbocycles. The summed E-state index contributed by atoms with van der Waals surface area (Å²) in [6, 6.07) is 22.8. The summed E-state index contributed by atoms with van der Waals surface area (Å²) in [6.07, 6.45) is 0.634. The highest BCUT2D eigenvalue weighted by atomic mass is 28.4. The van der Waals surface area contributed by atoms with Crippen molar-refractivity contribution in [3.05, 3.63) is 89.5 Å². The third kappa shape index (κ3) is 6.16. The molecular weight excluding hydrogens is 627 g/mol. The molecule has 0 bridgehead atoms. The zero-order valence-electron chi connectivity index (χ0n) is 28.1. The van der Waals surface area contributed by atoms with E-state index in [1.807, 2.05) is 92.8 Å². The molecule has 4 atom stereocenters. The maximum absolute atomic E-state index is 14.8. The van der Waals surface area contributed by atoms with E-state index in [9.17, 15) is 24.3 Å². The van der Waals surface area contributed by atoms with Crippen LogP contribution in [0.4, 0.5) is 11.4 Å². The molecule has 3 heterocycles. The number of aliphatic hydroxyl groups is 1. The highest BCUT2D eigenvalue weighted by Crippen LogP contribution is 2.60. The molecule has 0 saturated carbocycles. The van der Waals surface area contributed by atoms with E-state index in [2.05, 4.69) is 0 Å². The van der Waals surface area contributed by atoms with Gasteiger partial charge in [-0.15, -0.1) is 0 Å². The molecule has 3 aliphatic rings. The SMILES string of the molecule is COc1ccc2c(c1)[C@@]1(O[C@H](CC(=O)N(CCO)Cc3ccccc3)[C@@H]([Si](C)(C)O)[C@@H]1C)C(=O)N2Cc1ccc(N2CCCC2=O)cc1. The first kappa shape index (κ1) is 33.9. The Bertz CT molecular complexity index is 1660. The number of hydrogen-bond donors (Lipinski definition) is 2. The first-order chi connectivity index (χ1) is 23.0. The number of fused-ring (bicyclic) bond motifs is 2. The largest absolute Gasteiger partial charge is 0.497 e. The van der Waals surface area contributed by atoms with E-state index >= 15 is 0 Å². The summed E-state index contributed by atoms with van der Waals surface area (Å²) < 4.78 is 12.5. The molecule has 3 aromatic rings. The van der Waals surface area contributed by atoms with Gasteiger partial charge >= 0.3 is 0 Å². The number of benzene rings is 3. The molecule has 0 unspecified atom stereocenters. The van der Waals surface area contributed by atoms with Crippen LogP contribution in [0.1, 0.15) is 42.9 Å². The summed E-state index contributed by atoms with van der Waals surface area (Å²) in [5.74, 6) is -0.213. The molecule has 10 nitrogen and oxygen atoms in total. The quantitative estimate of drug-likeness (QED) is 0.287. The molecule has 48 heavy (non-hydrogen) atoms. The lowest BCUT2D eigenvalue weighted by atomic mass is 9.82. The average molecular weight is 672 g/mol. The minimum atomic E-state index is -3.01. The minimum Gasteiger partial charge on any atom is -0.497 e. The number of hydrogen-bond acceptors (Lipinski definition) is 7. The van der Waals surface area contributed by atoms with Gasteiger partial charge in [0.25, 0.3) is 5.91 Å². The second-order valence-corrected chi connectivity index (χ2v) is 17.7. The highest BCUT2D eigenvalue weighted by Gasteiger charge is 2.66. The Morgan fingerprint density at radius 3 is 2.42 bits per heavy atom. The van der Waals surface area contributed by atoms with Gasteiger partial charge in [-0.3, -0.25) is 14.4 Å². The summed E-state index contributed by atoms with van der Waals surface area (Å²) in [4.78, 5) is 57.8. The Kier molecular flexibility index (Phi) is 9.50. The van der Waals surface area contributed by atoms with Gasteiger partial charge in [-0.2, -0.15) is 0 Å². The normalized spacial score (nSPS) is 23.7. The predicted molar refractivity (Wildman–Crippen MR) is 185 cm³/mol. The second kappa shape index (κ2) is 13.5. The Hall–Kier alpha value is -4.03. The predicted octanol–water partition coefficient (Wildman–Crippen LogP) is 4.58. The highest BCUT2D eigenvalue weighted by molar-refractivity contribution is 6.71. The number of carbonyl (C=O) groups excluding carboxylic acids is 3. The molecule has 3 amide bonds. The summed E-state index contributed by atoms with van der Waals surface area (Å²) >= 11 is 0. The van der Waals surface area contributed by atoms with E-state index in [0.717, 1.165) is 23.2 Å². The second-order valence-electron chi connectivity index (χ2n) is 13.7. The van der Waals surface area contributed by atoms with Crippen molar-refractivity contribution in [1.29, 1.82) is 0 Å². The molecule has 3 aromatic carbocycles. The molecule has 11 heteroatoms. The van der Waals surface area contributed by atoms with Gasteiger partial charge in [0.1, 0.15) is 5.75 Å². The summed E-state index contributed by atoms with van der Waals surface area (Å²) in [6.45, 7) is 6.89. The Morgan fingerprint density at radius 1 is 1.06 bits per heavy atom. The van der Waals surface area contributed by atoms with Gasteiger partial charge in [-0.25, -0.2) is 0 Å². The minimum absolute atomic E-state index is 0.0379. The number of aliphatic hydroxyl groups excluding tert-OH is 1. The average Bonchev–Trinajstić information content (AvgIpc) is 3.70. The van der Waals surface area contributed by atoms with E-state index < -0.39 is 31.5 Å². The maximum Gasteiger partial charge on any atom is 0.264 e. The number of nitrogens with zero attached hydrogens (tertiary/aromatic N) is 3. The zero-order valence-corrected chi connectivity index (χ0v) is 29.1. The summed E-state index contributed by atoms with van der Waals surface area (Å²) in [5.41, 5.74) is 2.16. The van der Waals surface area contributed by atoms with Crippen LogP contribution in [0.15, 0.2) is 72.8 Å². The molecule has 1 spiro atoms. The number of anilines is 2. The van der Waals surface area contributed by atoms with Gasteiger partial charge in [-0.05, 0) is 61.0 Å². The van der Waals surface area contributed by atoms with Gasteiger partial charge < -0.3 is 34.1 Å². The Balaban J connectivity index is 1.32. The van der Waals surface area contributed by atoms with Gasteiger partial charge in [0.2, 0.25) is 11.8 Å². The number of rotatable bonds is 11. The summed E-state index contributed by atoms with van der Waals surface area (Å²) in [5, 5.41) is 9.80. The van der Waals surface area contributed by atoms with Crippen LogP contribution in [-0.4, -0.2) is 73.8 Å². The molecule has 254 valence electrons. The van der Waals surface area contributed by atoms with Crippen molar-refractivity contribution in [3.63, 3.8) is 0 Å². The molecule has 0 radical (unpaired) electrons. The van der Waals surface area contributed by atoms with Gasteiger partial charge in [0, 0.05) is 48.8 Å². The van der Waals surface area contributed by atoms with Crippen molar-refractivity contribution >= 4 is 37.4 Å². The van der Waals surface area contributed by atoms with E-state index in [1.165, 1.54) is 0 Å². The first-order valence-corrected chi connectivity index (χ1v) is 19.7. The molecule has 0 aromatic heterocycles. The molecule has 2 fully saturated rings. The van der Waals surface area contributed by atoms with Crippen molar-refractivity contribution in [3.8, 4) is 5.75 Å². The zero-order chi connectivity index (χ0) is 34.2. The number of carbonyl (C=O) groups is 3. The smallest absolute Gasteiger partial charge is 0.264 e. The van der Waals surface area contributed by atoms with Gasteiger partial charge in [0.05, 0.1) is 38.5 Å². The van der Waals surface area contributed by atoms with E-state index in [0.29, 0.717) is 36.5 Å². The number of amides is 3. The topological polar surface area (TPSA) is 120 Å². The lowest BCUT2D eigenvalue weighted by Gasteiger charge is -2.32. The van der Waals surface area contributed by atoms with Gasteiger partial charge in [-0.1, -0.05) is 49.4 Å². The molecule has 2 saturated heterocycles. The number of methoxy groups -OCH3 is 1. The van der Waals surface area contributed by atoms with Crippen molar-refractivity contribution in [2.45, 2.75) is 69.6 Å². The van der Waals surface area contributed by atoms with E-state index in [4.69, 9.17) is 9.47 Å².